The number of aromatic nitrogens is 1. The van der Waals surface area contributed by atoms with Crippen LogP contribution in [0.3, 0.4) is 0 Å². The number of rotatable bonds is 5. The van der Waals surface area contributed by atoms with Crippen LogP contribution in [0, 0.1) is 6.92 Å². The second kappa shape index (κ2) is 7.38. The van der Waals surface area contributed by atoms with Gasteiger partial charge in [0.05, 0.1) is 5.56 Å². The molecule has 2 amide bonds. The van der Waals surface area contributed by atoms with Gasteiger partial charge in [-0.15, -0.1) is 0 Å². The number of phenolic OH excluding ortho intramolecular Hbond substituents is 1. The molecule has 0 spiro atoms. The first-order valence-corrected chi connectivity index (χ1v) is 8.15. The number of hydrogen-bond donors (Lipinski definition) is 3. The normalized spacial score (nSPS) is 10.8. The van der Waals surface area contributed by atoms with E-state index in [-0.39, 0.29) is 34.7 Å². The molecule has 0 saturated carbocycles. The van der Waals surface area contributed by atoms with Crippen molar-refractivity contribution >= 4 is 17.5 Å². The summed E-state index contributed by atoms with van der Waals surface area (Å²) in [7, 11) is 0. The molecule has 0 aliphatic carbocycles. The lowest BCUT2D eigenvalue weighted by molar-refractivity contribution is -0.114. The van der Waals surface area contributed by atoms with Crippen LogP contribution in [0.1, 0.15) is 55.2 Å². The van der Waals surface area contributed by atoms with Crippen LogP contribution < -0.4 is 10.6 Å². The number of carbonyl (C=O) groups is 2. The van der Waals surface area contributed by atoms with Crippen LogP contribution in [-0.2, 0) is 4.79 Å². The van der Waals surface area contributed by atoms with Crippen LogP contribution in [0.4, 0.5) is 5.69 Å². The Balaban J connectivity index is 2.65. The van der Waals surface area contributed by atoms with Gasteiger partial charge in [-0.25, -0.2) is 0 Å². The molecule has 0 saturated heterocycles. The van der Waals surface area contributed by atoms with Crippen molar-refractivity contribution in [3.8, 4) is 17.1 Å². The molecule has 0 aliphatic rings. The van der Waals surface area contributed by atoms with E-state index in [0.717, 1.165) is 11.1 Å². The van der Waals surface area contributed by atoms with Crippen LogP contribution in [0.15, 0.2) is 16.7 Å². The quantitative estimate of drug-likeness (QED) is 0.772. The molecule has 0 aliphatic heterocycles. The number of anilines is 1. The number of nitrogens with one attached hydrogen (secondary N) is 2. The summed E-state index contributed by atoms with van der Waals surface area (Å²) >= 11 is 0. The second-order valence-electron chi connectivity index (χ2n) is 6.16. The first-order valence-electron chi connectivity index (χ1n) is 8.15. The molecule has 3 N–H and O–H groups in total. The van der Waals surface area contributed by atoms with Crippen LogP contribution in [-0.4, -0.2) is 28.6 Å². The Kier molecular flexibility index (Phi) is 5.46. The van der Waals surface area contributed by atoms with Crippen molar-refractivity contribution in [2.75, 3.05) is 11.9 Å². The van der Waals surface area contributed by atoms with E-state index in [1.807, 2.05) is 20.8 Å². The summed E-state index contributed by atoms with van der Waals surface area (Å²) in [5.41, 5.74) is 2.46. The number of benzene rings is 1. The van der Waals surface area contributed by atoms with E-state index in [1.54, 1.807) is 19.1 Å². The molecular weight excluding hydrogens is 322 g/mol. The van der Waals surface area contributed by atoms with Gasteiger partial charge in [0, 0.05) is 13.5 Å². The molecule has 2 aromatic rings. The van der Waals surface area contributed by atoms with Crippen LogP contribution >= 0.6 is 0 Å². The summed E-state index contributed by atoms with van der Waals surface area (Å²) in [4.78, 5) is 23.7. The number of nitrogens with zero attached hydrogens (tertiary/aromatic N) is 1. The van der Waals surface area contributed by atoms with E-state index in [9.17, 15) is 14.7 Å². The van der Waals surface area contributed by atoms with Gasteiger partial charge in [-0.1, -0.05) is 19.0 Å². The molecule has 1 heterocycles. The molecule has 7 heteroatoms. The largest absolute Gasteiger partial charge is 0.507 e. The van der Waals surface area contributed by atoms with Gasteiger partial charge in [0.1, 0.15) is 11.4 Å². The van der Waals surface area contributed by atoms with Crippen molar-refractivity contribution in [2.24, 2.45) is 0 Å². The fourth-order valence-corrected chi connectivity index (χ4v) is 2.68. The van der Waals surface area contributed by atoms with Crippen molar-refractivity contribution in [3.05, 3.63) is 29.0 Å². The van der Waals surface area contributed by atoms with Crippen molar-refractivity contribution in [1.29, 1.82) is 0 Å². The number of hydrogen-bond acceptors (Lipinski definition) is 5. The average molecular weight is 345 g/mol. The zero-order valence-electron chi connectivity index (χ0n) is 15.1. The van der Waals surface area contributed by atoms with Crippen molar-refractivity contribution in [2.45, 2.75) is 40.5 Å². The number of carbonyl (C=O) groups excluding carboxylic acids is 2. The Morgan fingerprint density at radius 1 is 1.32 bits per heavy atom. The van der Waals surface area contributed by atoms with Crippen molar-refractivity contribution in [3.63, 3.8) is 0 Å². The predicted octanol–water partition coefficient (Wildman–Crippen LogP) is 3.19. The van der Waals surface area contributed by atoms with E-state index >= 15 is 0 Å². The molecule has 7 nitrogen and oxygen atoms in total. The zero-order valence-corrected chi connectivity index (χ0v) is 15.1. The van der Waals surface area contributed by atoms with E-state index in [1.165, 1.54) is 6.92 Å². The zero-order chi connectivity index (χ0) is 18.7. The third-order valence-corrected chi connectivity index (χ3v) is 3.80. The first kappa shape index (κ1) is 18.5. The van der Waals surface area contributed by atoms with Gasteiger partial charge in [-0.05, 0) is 43.0 Å². The highest BCUT2D eigenvalue weighted by Crippen LogP contribution is 2.39. The van der Waals surface area contributed by atoms with Gasteiger partial charge < -0.3 is 20.3 Å². The van der Waals surface area contributed by atoms with Crippen LogP contribution in [0.2, 0.25) is 0 Å². The topological polar surface area (TPSA) is 104 Å². The molecule has 0 radical (unpaired) electrons. The van der Waals surface area contributed by atoms with Gasteiger partial charge in [0.25, 0.3) is 5.91 Å². The Morgan fingerprint density at radius 3 is 2.56 bits per heavy atom. The fourth-order valence-electron chi connectivity index (χ4n) is 2.68. The molecule has 0 fully saturated rings. The number of amides is 2. The monoisotopic (exact) mass is 345 g/mol. The third-order valence-electron chi connectivity index (χ3n) is 3.80. The summed E-state index contributed by atoms with van der Waals surface area (Å²) in [6.07, 6.45) is 0. The Labute approximate surface area is 146 Å². The SMILES string of the molecule is CCNC(=O)c1noc(-c2cc(C(C)C)c(C)cc2O)c1NC(C)=O. The summed E-state index contributed by atoms with van der Waals surface area (Å²) < 4.78 is 5.32. The third kappa shape index (κ3) is 3.81. The minimum absolute atomic E-state index is 0.00731. The molecule has 2 rings (SSSR count). The highest BCUT2D eigenvalue weighted by molar-refractivity contribution is 6.05. The highest BCUT2D eigenvalue weighted by Gasteiger charge is 2.26. The fraction of sp³-hybridized carbons (Fsp3) is 0.389. The Bertz CT molecular complexity index is 809. The van der Waals surface area contributed by atoms with Crippen LogP contribution in [0.25, 0.3) is 11.3 Å². The van der Waals surface area contributed by atoms with Gasteiger partial charge in [0.2, 0.25) is 5.91 Å². The van der Waals surface area contributed by atoms with E-state index in [0.29, 0.717) is 12.1 Å². The number of aromatic hydroxyl groups is 1. The van der Waals surface area contributed by atoms with Gasteiger partial charge >= 0.3 is 0 Å². The summed E-state index contributed by atoms with van der Waals surface area (Å²) in [6.45, 7) is 9.50. The van der Waals surface area contributed by atoms with Gasteiger partial charge in [-0.3, -0.25) is 9.59 Å². The molecule has 0 atom stereocenters. The maximum Gasteiger partial charge on any atom is 0.275 e. The molecule has 134 valence electrons. The standard InChI is InChI=1S/C18H23N3O4/c1-6-19-18(24)16-15(20-11(5)22)17(25-21-16)13-8-12(9(2)3)10(4)7-14(13)23/h7-9,23H,6H2,1-5H3,(H,19,24)(H,20,22). The first-order chi connectivity index (χ1) is 11.8. The van der Waals surface area contributed by atoms with Crippen molar-refractivity contribution in [1.82, 2.24) is 10.5 Å². The Morgan fingerprint density at radius 2 is 2.00 bits per heavy atom. The minimum Gasteiger partial charge on any atom is -0.507 e. The van der Waals surface area contributed by atoms with Gasteiger partial charge in [0.15, 0.2) is 11.5 Å². The van der Waals surface area contributed by atoms with E-state index < -0.39 is 5.91 Å². The molecule has 0 bridgehead atoms. The average Bonchev–Trinajstić information content (AvgIpc) is 2.90. The lowest BCUT2D eigenvalue weighted by Crippen LogP contribution is -2.24. The molecule has 1 aromatic carbocycles. The summed E-state index contributed by atoms with van der Waals surface area (Å²) in [6, 6.07) is 3.43. The molecule has 0 unspecified atom stereocenters. The van der Waals surface area contributed by atoms with E-state index in [4.69, 9.17) is 4.52 Å². The summed E-state index contributed by atoms with van der Waals surface area (Å²) in [5.74, 6) is -0.458. The smallest absolute Gasteiger partial charge is 0.275 e. The van der Waals surface area contributed by atoms with Crippen molar-refractivity contribution < 1.29 is 19.2 Å². The highest BCUT2D eigenvalue weighted by atomic mass is 16.5. The summed E-state index contributed by atoms with van der Waals surface area (Å²) in [5, 5.41) is 19.4. The second-order valence-corrected chi connectivity index (χ2v) is 6.16. The van der Waals surface area contributed by atoms with E-state index in [2.05, 4.69) is 15.8 Å². The van der Waals surface area contributed by atoms with Crippen LogP contribution in [0.5, 0.6) is 5.75 Å². The lowest BCUT2D eigenvalue weighted by atomic mass is 9.94. The maximum absolute atomic E-state index is 12.2. The maximum atomic E-state index is 12.2. The minimum atomic E-state index is -0.461. The number of aryl methyl sites for hydroxylation is 1. The predicted molar refractivity (Wildman–Crippen MR) is 94.7 cm³/mol. The Hall–Kier alpha value is -2.83. The lowest BCUT2D eigenvalue weighted by Gasteiger charge is -2.13. The molecule has 25 heavy (non-hydrogen) atoms. The molecule has 1 aromatic heterocycles. The number of phenols is 1. The molecular formula is C18H23N3O4. The van der Waals surface area contributed by atoms with Gasteiger partial charge in [-0.2, -0.15) is 0 Å².